The molecule has 0 aliphatic heterocycles. The summed E-state index contributed by atoms with van der Waals surface area (Å²) in [7, 11) is 0. The van der Waals surface area contributed by atoms with E-state index >= 15 is 0 Å². The summed E-state index contributed by atoms with van der Waals surface area (Å²) in [6.45, 7) is 1.95. The van der Waals surface area contributed by atoms with Crippen LogP contribution in [0.1, 0.15) is 36.0 Å². The van der Waals surface area contributed by atoms with Crippen molar-refractivity contribution in [2.75, 3.05) is 5.32 Å². The van der Waals surface area contributed by atoms with Gasteiger partial charge in [0.2, 0.25) is 0 Å². The van der Waals surface area contributed by atoms with Crippen LogP contribution in [0.2, 0.25) is 15.1 Å². The van der Waals surface area contributed by atoms with E-state index in [4.69, 9.17) is 34.8 Å². The Hall–Kier alpha value is -3.10. The Morgan fingerprint density at radius 1 is 0.794 bits per heavy atom. The summed E-state index contributed by atoms with van der Waals surface area (Å²) in [6.07, 6.45) is 0. The van der Waals surface area contributed by atoms with Gasteiger partial charge in [-0.25, -0.2) is 0 Å². The topological polar surface area (TPSA) is 87.3 Å². The molecule has 3 amide bonds. The molecular formula is C24H16Cl3N3O3S. The van der Waals surface area contributed by atoms with Crippen molar-refractivity contribution in [3.05, 3.63) is 97.3 Å². The lowest BCUT2D eigenvalue weighted by Gasteiger charge is -2.09. The molecule has 3 aromatic carbocycles. The van der Waals surface area contributed by atoms with E-state index in [1.54, 1.807) is 18.2 Å². The van der Waals surface area contributed by atoms with Crippen molar-refractivity contribution >= 4 is 79.6 Å². The van der Waals surface area contributed by atoms with E-state index in [2.05, 4.69) is 16.2 Å². The van der Waals surface area contributed by atoms with E-state index in [0.29, 0.717) is 20.6 Å². The zero-order valence-electron chi connectivity index (χ0n) is 17.5. The molecule has 0 aliphatic rings. The lowest BCUT2D eigenvalue weighted by Crippen LogP contribution is -2.41. The van der Waals surface area contributed by atoms with Gasteiger partial charge in [-0.3, -0.25) is 25.2 Å². The Morgan fingerprint density at radius 3 is 2.21 bits per heavy atom. The highest BCUT2D eigenvalue weighted by atomic mass is 35.5. The summed E-state index contributed by atoms with van der Waals surface area (Å²) < 4.78 is 0.888. The highest BCUT2D eigenvalue weighted by Crippen LogP contribution is 2.35. The van der Waals surface area contributed by atoms with Crippen molar-refractivity contribution in [2.45, 2.75) is 6.92 Å². The Labute approximate surface area is 213 Å². The van der Waals surface area contributed by atoms with Gasteiger partial charge in [0.15, 0.2) is 0 Å². The van der Waals surface area contributed by atoms with E-state index in [1.165, 1.54) is 35.6 Å². The Kier molecular flexibility index (Phi) is 7.09. The third kappa shape index (κ3) is 5.18. The number of thiophene rings is 1. The van der Waals surface area contributed by atoms with Gasteiger partial charge in [-0.1, -0.05) is 46.9 Å². The Balaban J connectivity index is 1.38. The first-order valence-corrected chi connectivity index (χ1v) is 11.8. The third-order valence-corrected chi connectivity index (χ3v) is 7.07. The van der Waals surface area contributed by atoms with Crippen LogP contribution in [0.4, 0.5) is 5.69 Å². The van der Waals surface area contributed by atoms with Gasteiger partial charge >= 0.3 is 0 Å². The smallest absolute Gasteiger partial charge is 0.281 e. The number of hydrazine groups is 1. The highest BCUT2D eigenvalue weighted by Gasteiger charge is 2.18. The predicted octanol–water partition coefficient (Wildman–Crippen LogP) is 6.50. The summed E-state index contributed by atoms with van der Waals surface area (Å²) >= 11 is 19.5. The first-order valence-electron chi connectivity index (χ1n) is 9.89. The molecule has 0 atom stereocenters. The zero-order valence-corrected chi connectivity index (χ0v) is 20.6. The van der Waals surface area contributed by atoms with Gasteiger partial charge < -0.3 is 5.32 Å². The summed E-state index contributed by atoms with van der Waals surface area (Å²) in [6, 6.07) is 16.4. The molecule has 34 heavy (non-hydrogen) atoms. The highest BCUT2D eigenvalue weighted by molar-refractivity contribution is 7.21. The number of hydrogen-bond donors (Lipinski definition) is 3. The fraction of sp³-hybridized carbons (Fsp3) is 0.0417. The number of aryl methyl sites for hydroxylation is 1. The number of amides is 3. The van der Waals surface area contributed by atoms with E-state index in [-0.39, 0.29) is 16.1 Å². The molecule has 10 heteroatoms. The number of rotatable bonds is 4. The van der Waals surface area contributed by atoms with Gasteiger partial charge in [0.05, 0.1) is 15.6 Å². The molecule has 6 nitrogen and oxygen atoms in total. The first kappa shape index (κ1) is 24.0. The van der Waals surface area contributed by atoms with Gasteiger partial charge in [-0.05, 0) is 61.0 Å². The zero-order chi connectivity index (χ0) is 24.4. The lowest BCUT2D eigenvalue weighted by molar-refractivity contribution is 0.0849. The second-order valence-corrected chi connectivity index (χ2v) is 9.58. The molecule has 0 fully saturated rings. The van der Waals surface area contributed by atoms with Crippen LogP contribution in [0, 0.1) is 6.92 Å². The van der Waals surface area contributed by atoms with Crippen LogP contribution in [0.25, 0.3) is 10.1 Å². The maximum atomic E-state index is 12.5. The Bertz CT molecular complexity index is 1430. The van der Waals surface area contributed by atoms with Crippen molar-refractivity contribution in [3.8, 4) is 0 Å². The minimum absolute atomic E-state index is 0.227. The second-order valence-electron chi connectivity index (χ2n) is 7.31. The van der Waals surface area contributed by atoms with E-state index < -0.39 is 17.7 Å². The molecular weight excluding hydrogens is 517 g/mol. The van der Waals surface area contributed by atoms with Crippen molar-refractivity contribution in [1.82, 2.24) is 10.9 Å². The quantitative estimate of drug-likeness (QED) is 0.262. The molecule has 0 saturated carbocycles. The number of halogens is 3. The molecule has 0 aliphatic carbocycles. The maximum absolute atomic E-state index is 12.5. The van der Waals surface area contributed by atoms with Crippen molar-refractivity contribution in [3.63, 3.8) is 0 Å². The van der Waals surface area contributed by atoms with E-state index in [0.717, 1.165) is 15.6 Å². The lowest BCUT2D eigenvalue weighted by atomic mass is 10.1. The Morgan fingerprint density at radius 2 is 1.50 bits per heavy atom. The number of nitrogens with one attached hydrogen (secondary N) is 3. The fourth-order valence-electron chi connectivity index (χ4n) is 3.14. The standard InChI is InChI=1S/C24H16Cl3N3O3S/c1-12-2-8-17-19(10-12)34-21(20(17)27)24(33)30-29-22(31)13-3-6-15(7-4-13)28-23(32)16-9-5-14(25)11-18(16)26/h2-11H,1H3,(H,28,32)(H,29,31)(H,30,33). The van der Waals surface area contributed by atoms with Crippen LogP contribution >= 0.6 is 46.1 Å². The van der Waals surface area contributed by atoms with Gasteiger partial charge in [0.1, 0.15) is 4.88 Å². The monoisotopic (exact) mass is 531 g/mol. The maximum Gasteiger partial charge on any atom is 0.281 e. The van der Waals surface area contributed by atoms with Crippen LogP contribution in [-0.2, 0) is 0 Å². The van der Waals surface area contributed by atoms with Gasteiger partial charge in [0, 0.05) is 26.4 Å². The predicted molar refractivity (Wildman–Crippen MR) is 137 cm³/mol. The average molecular weight is 533 g/mol. The summed E-state index contributed by atoms with van der Waals surface area (Å²) in [4.78, 5) is 37.7. The van der Waals surface area contributed by atoms with Crippen LogP contribution in [0.5, 0.6) is 0 Å². The molecule has 1 heterocycles. The molecule has 0 radical (unpaired) electrons. The number of hydrogen-bond acceptors (Lipinski definition) is 4. The average Bonchev–Trinajstić information content (AvgIpc) is 3.13. The molecule has 3 N–H and O–H groups in total. The van der Waals surface area contributed by atoms with Crippen LogP contribution in [0.3, 0.4) is 0 Å². The largest absolute Gasteiger partial charge is 0.322 e. The minimum Gasteiger partial charge on any atom is -0.322 e. The summed E-state index contributed by atoms with van der Waals surface area (Å²) in [5.41, 5.74) is 6.82. The normalized spacial score (nSPS) is 10.7. The first-order chi connectivity index (χ1) is 16.2. The van der Waals surface area contributed by atoms with E-state index in [9.17, 15) is 14.4 Å². The molecule has 4 aromatic rings. The van der Waals surface area contributed by atoms with Crippen LogP contribution < -0.4 is 16.2 Å². The number of carbonyl (C=O) groups is 3. The van der Waals surface area contributed by atoms with Crippen LogP contribution in [-0.4, -0.2) is 17.7 Å². The van der Waals surface area contributed by atoms with E-state index in [1.807, 2.05) is 25.1 Å². The van der Waals surface area contributed by atoms with Gasteiger partial charge in [-0.2, -0.15) is 0 Å². The number of benzene rings is 3. The summed E-state index contributed by atoms with van der Waals surface area (Å²) in [5, 5.41) is 4.47. The molecule has 0 unspecified atom stereocenters. The summed E-state index contributed by atoms with van der Waals surface area (Å²) in [5.74, 6) is -1.46. The molecule has 4 rings (SSSR count). The second kappa shape index (κ2) is 10.0. The molecule has 1 aromatic heterocycles. The van der Waals surface area contributed by atoms with Crippen LogP contribution in [0.15, 0.2) is 60.7 Å². The minimum atomic E-state index is -0.528. The number of anilines is 1. The number of fused-ring (bicyclic) bond motifs is 1. The van der Waals surface area contributed by atoms with Crippen molar-refractivity contribution < 1.29 is 14.4 Å². The SMILES string of the molecule is Cc1ccc2c(Cl)c(C(=O)NNC(=O)c3ccc(NC(=O)c4ccc(Cl)cc4Cl)cc3)sc2c1. The molecule has 0 bridgehead atoms. The molecule has 0 spiro atoms. The number of carbonyl (C=O) groups excluding carboxylic acids is 3. The van der Waals surface area contributed by atoms with Crippen molar-refractivity contribution in [2.24, 2.45) is 0 Å². The van der Waals surface area contributed by atoms with Gasteiger partial charge in [0.25, 0.3) is 17.7 Å². The van der Waals surface area contributed by atoms with Gasteiger partial charge in [-0.15, -0.1) is 11.3 Å². The molecule has 0 saturated heterocycles. The molecule has 172 valence electrons. The fourth-order valence-corrected chi connectivity index (χ4v) is 5.14. The van der Waals surface area contributed by atoms with Crippen molar-refractivity contribution in [1.29, 1.82) is 0 Å². The third-order valence-electron chi connectivity index (χ3n) is 4.86.